The summed E-state index contributed by atoms with van der Waals surface area (Å²) in [5, 5.41) is 9.50. The van der Waals surface area contributed by atoms with E-state index >= 15 is 0 Å². The first-order valence-corrected chi connectivity index (χ1v) is 6.30. The van der Waals surface area contributed by atoms with Gasteiger partial charge in [0.1, 0.15) is 11.2 Å². The van der Waals surface area contributed by atoms with Crippen LogP contribution >= 0.6 is 0 Å². The predicted octanol–water partition coefficient (Wildman–Crippen LogP) is 1.81. The third-order valence-corrected chi connectivity index (χ3v) is 3.44. The highest BCUT2D eigenvalue weighted by Gasteiger charge is 2.24. The molecule has 1 N–H and O–H groups in total. The summed E-state index contributed by atoms with van der Waals surface area (Å²) in [4.78, 5) is 27.6. The number of rotatable bonds is 3. The molecule has 5 nitrogen and oxygen atoms in total. The lowest BCUT2D eigenvalue weighted by Gasteiger charge is -2.11. The van der Waals surface area contributed by atoms with Crippen LogP contribution in [0, 0.1) is 12.8 Å². The molecule has 0 atom stereocenters. The first-order valence-electron chi connectivity index (χ1n) is 6.30. The third kappa shape index (κ3) is 2.12. The van der Waals surface area contributed by atoms with Crippen LogP contribution < -0.4 is 5.43 Å². The van der Waals surface area contributed by atoms with Gasteiger partial charge >= 0.3 is 5.97 Å². The van der Waals surface area contributed by atoms with E-state index < -0.39 is 11.4 Å². The fourth-order valence-corrected chi connectivity index (χ4v) is 2.23. The molecule has 1 fully saturated rings. The van der Waals surface area contributed by atoms with Crippen LogP contribution in [0.5, 0.6) is 0 Å². The van der Waals surface area contributed by atoms with E-state index in [0.717, 1.165) is 25.1 Å². The van der Waals surface area contributed by atoms with Crippen molar-refractivity contribution in [2.45, 2.75) is 26.3 Å². The summed E-state index contributed by atoms with van der Waals surface area (Å²) in [5.74, 6) is -0.605. The molecule has 2 heterocycles. The Kier molecular flexibility index (Phi) is 2.62. The van der Waals surface area contributed by atoms with Crippen molar-refractivity contribution in [3.63, 3.8) is 0 Å². The second kappa shape index (κ2) is 4.19. The Balaban J connectivity index is 2.30. The van der Waals surface area contributed by atoms with Gasteiger partial charge in [-0.3, -0.25) is 4.79 Å². The highest BCUT2D eigenvalue weighted by atomic mass is 16.4. The van der Waals surface area contributed by atoms with Gasteiger partial charge < -0.3 is 9.67 Å². The number of aryl methyl sites for hydroxylation is 1. The number of carboxylic acid groups (broad SMARTS) is 1. The molecule has 3 rings (SSSR count). The van der Waals surface area contributed by atoms with Crippen molar-refractivity contribution in [1.29, 1.82) is 0 Å². The highest BCUT2D eigenvalue weighted by molar-refractivity contribution is 5.91. The Labute approximate surface area is 109 Å². The molecule has 1 aliphatic rings. The van der Waals surface area contributed by atoms with Gasteiger partial charge in [0, 0.05) is 18.4 Å². The topological polar surface area (TPSA) is 72.2 Å². The molecule has 0 amide bonds. The second-order valence-corrected chi connectivity index (χ2v) is 5.10. The third-order valence-electron chi connectivity index (χ3n) is 3.44. The molecule has 0 aromatic carbocycles. The minimum atomic E-state index is -1.18. The number of carboxylic acids is 1. The van der Waals surface area contributed by atoms with Crippen LogP contribution in [0.15, 0.2) is 23.1 Å². The summed E-state index contributed by atoms with van der Waals surface area (Å²) >= 11 is 0. The Morgan fingerprint density at radius 2 is 2.21 bits per heavy atom. The molecule has 5 heteroatoms. The number of pyridine rings is 2. The van der Waals surface area contributed by atoms with Gasteiger partial charge in [-0.25, -0.2) is 9.78 Å². The number of nitrogens with zero attached hydrogens (tertiary/aromatic N) is 2. The predicted molar refractivity (Wildman–Crippen MR) is 70.4 cm³/mol. The highest BCUT2D eigenvalue weighted by Crippen LogP contribution is 2.31. The summed E-state index contributed by atoms with van der Waals surface area (Å²) in [6.45, 7) is 2.59. The Morgan fingerprint density at radius 3 is 2.84 bits per heavy atom. The van der Waals surface area contributed by atoms with E-state index in [-0.39, 0.29) is 5.56 Å². The summed E-state index contributed by atoms with van der Waals surface area (Å²) in [7, 11) is 0. The maximum atomic E-state index is 12.1. The quantitative estimate of drug-likeness (QED) is 0.911. The molecule has 0 unspecified atom stereocenters. The van der Waals surface area contributed by atoms with Crippen LogP contribution in [0.4, 0.5) is 0 Å². The van der Waals surface area contributed by atoms with Crippen LogP contribution in [0.2, 0.25) is 0 Å². The molecule has 0 saturated heterocycles. The molecular weight excluding hydrogens is 244 g/mol. The SMILES string of the molecule is Cc1ccc2c(=O)c(C(=O)O)cn(CC3CC3)c2n1. The van der Waals surface area contributed by atoms with Crippen molar-refractivity contribution in [1.82, 2.24) is 9.55 Å². The van der Waals surface area contributed by atoms with Gasteiger partial charge in [-0.1, -0.05) is 0 Å². The molecule has 1 saturated carbocycles. The lowest BCUT2D eigenvalue weighted by Crippen LogP contribution is -2.20. The minimum absolute atomic E-state index is 0.182. The van der Waals surface area contributed by atoms with Crippen molar-refractivity contribution in [3.05, 3.63) is 39.8 Å². The first-order chi connectivity index (χ1) is 9.06. The van der Waals surface area contributed by atoms with Crippen molar-refractivity contribution < 1.29 is 9.90 Å². The molecular formula is C14H14N2O3. The number of fused-ring (bicyclic) bond motifs is 1. The first kappa shape index (κ1) is 11.9. The minimum Gasteiger partial charge on any atom is -0.477 e. The van der Waals surface area contributed by atoms with E-state index in [9.17, 15) is 9.59 Å². The number of hydrogen-bond acceptors (Lipinski definition) is 3. The van der Waals surface area contributed by atoms with Crippen molar-refractivity contribution in [3.8, 4) is 0 Å². The van der Waals surface area contributed by atoms with Gasteiger partial charge in [0.15, 0.2) is 0 Å². The molecule has 0 radical (unpaired) electrons. The van der Waals surface area contributed by atoms with Crippen LogP contribution in [0.3, 0.4) is 0 Å². The summed E-state index contributed by atoms with van der Waals surface area (Å²) in [6.07, 6.45) is 3.74. The fraction of sp³-hybridized carbons (Fsp3) is 0.357. The van der Waals surface area contributed by atoms with Gasteiger partial charge in [0.2, 0.25) is 5.43 Å². The van der Waals surface area contributed by atoms with E-state index in [2.05, 4.69) is 4.98 Å². The second-order valence-electron chi connectivity index (χ2n) is 5.10. The molecule has 0 aliphatic heterocycles. The van der Waals surface area contributed by atoms with Crippen LogP contribution in [0.1, 0.15) is 28.9 Å². The molecule has 19 heavy (non-hydrogen) atoms. The fourth-order valence-electron chi connectivity index (χ4n) is 2.23. The lowest BCUT2D eigenvalue weighted by molar-refractivity contribution is 0.0695. The van der Waals surface area contributed by atoms with Gasteiger partial charge in [-0.15, -0.1) is 0 Å². The van der Waals surface area contributed by atoms with Crippen molar-refractivity contribution in [2.24, 2.45) is 5.92 Å². The molecule has 1 aliphatic carbocycles. The Bertz CT molecular complexity index is 729. The van der Waals surface area contributed by atoms with Crippen LogP contribution in [-0.2, 0) is 6.54 Å². The maximum absolute atomic E-state index is 12.1. The molecule has 0 spiro atoms. The van der Waals surface area contributed by atoms with Gasteiger partial charge in [0.25, 0.3) is 0 Å². The van der Waals surface area contributed by atoms with E-state index in [0.29, 0.717) is 17.0 Å². The maximum Gasteiger partial charge on any atom is 0.341 e. The lowest BCUT2D eigenvalue weighted by atomic mass is 10.1. The number of aromatic carboxylic acids is 1. The average molecular weight is 258 g/mol. The van der Waals surface area contributed by atoms with E-state index in [1.165, 1.54) is 6.20 Å². The van der Waals surface area contributed by atoms with Gasteiger partial charge in [-0.2, -0.15) is 0 Å². The molecule has 2 aromatic heterocycles. The normalized spacial score (nSPS) is 14.8. The Morgan fingerprint density at radius 1 is 1.47 bits per heavy atom. The van der Waals surface area contributed by atoms with E-state index in [1.54, 1.807) is 12.1 Å². The standard InChI is InChI=1S/C14H14N2O3/c1-8-2-5-10-12(17)11(14(18)19)7-16(13(10)15-8)6-9-3-4-9/h2,5,7,9H,3-4,6H2,1H3,(H,18,19). The van der Waals surface area contributed by atoms with E-state index in [4.69, 9.17) is 5.11 Å². The van der Waals surface area contributed by atoms with Crippen LogP contribution in [0.25, 0.3) is 11.0 Å². The zero-order chi connectivity index (χ0) is 13.6. The molecule has 98 valence electrons. The summed E-state index contributed by atoms with van der Waals surface area (Å²) in [5.41, 5.74) is 0.766. The van der Waals surface area contributed by atoms with Gasteiger partial charge in [-0.05, 0) is 37.8 Å². The molecule has 2 aromatic rings. The van der Waals surface area contributed by atoms with Crippen LogP contribution in [-0.4, -0.2) is 20.6 Å². The molecule has 0 bridgehead atoms. The van der Waals surface area contributed by atoms with Gasteiger partial charge in [0.05, 0.1) is 5.39 Å². The largest absolute Gasteiger partial charge is 0.477 e. The van der Waals surface area contributed by atoms with Crippen molar-refractivity contribution in [2.75, 3.05) is 0 Å². The summed E-state index contributed by atoms with van der Waals surface area (Å²) in [6, 6.07) is 3.40. The zero-order valence-electron chi connectivity index (χ0n) is 10.6. The average Bonchev–Trinajstić information content (AvgIpc) is 3.16. The smallest absolute Gasteiger partial charge is 0.341 e. The monoisotopic (exact) mass is 258 g/mol. The van der Waals surface area contributed by atoms with E-state index in [1.807, 2.05) is 11.5 Å². The number of hydrogen-bond donors (Lipinski definition) is 1. The van der Waals surface area contributed by atoms with Crippen molar-refractivity contribution >= 4 is 17.0 Å². The Hall–Kier alpha value is -2.17. The summed E-state index contributed by atoms with van der Waals surface area (Å²) < 4.78 is 1.81. The number of aromatic nitrogens is 2. The zero-order valence-corrected chi connectivity index (χ0v) is 10.6. The number of carbonyl (C=O) groups is 1.